The molecule has 0 aliphatic heterocycles. The monoisotopic (exact) mass is 304 g/mol. The van der Waals surface area contributed by atoms with Crippen molar-refractivity contribution in [3.63, 3.8) is 0 Å². The number of nitrogens with zero attached hydrogens (tertiary/aromatic N) is 1. The van der Waals surface area contributed by atoms with E-state index in [2.05, 4.69) is 29.6 Å². The van der Waals surface area contributed by atoms with Crippen LogP contribution in [0.3, 0.4) is 0 Å². The summed E-state index contributed by atoms with van der Waals surface area (Å²) in [4.78, 5) is 1.23. The minimum Gasteiger partial charge on any atom is -0.329 e. The van der Waals surface area contributed by atoms with Crippen molar-refractivity contribution in [1.82, 2.24) is 0 Å². The highest BCUT2D eigenvalue weighted by Gasteiger charge is 2.15. The zero-order valence-electron chi connectivity index (χ0n) is 12.1. The van der Waals surface area contributed by atoms with Crippen LogP contribution in [0.2, 0.25) is 0 Å². The van der Waals surface area contributed by atoms with Crippen molar-refractivity contribution < 1.29 is 0 Å². The maximum atomic E-state index is 9.25. The molecule has 0 aliphatic rings. The van der Waals surface area contributed by atoms with E-state index in [4.69, 9.17) is 5.73 Å². The fourth-order valence-electron chi connectivity index (χ4n) is 2.61. The molecule has 3 rings (SSSR count). The van der Waals surface area contributed by atoms with E-state index in [-0.39, 0.29) is 5.92 Å². The number of nitrogens with two attached hydrogens (primary N) is 1. The topological polar surface area (TPSA) is 49.8 Å². The molecule has 1 atom stereocenters. The standard InChI is InChI=1S/C19H16N2S/c20-11-15-8-4-5-9-17(15)16-10-19(22-13-16)18(12-21)14-6-2-1-3-7-14/h1-10,13,18H,12,21H2. The lowest BCUT2D eigenvalue weighted by molar-refractivity contribution is 0.836. The smallest absolute Gasteiger partial charge is 0.0998 e. The molecule has 2 nitrogen and oxygen atoms in total. The molecule has 0 saturated carbocycles. The average molecular weight is 304 g/mol. The number of rotatable bonds is 4. The minimum absolute atomic E-state index is 0.203. The zero-order valence-corrected chi connectivity index (χ0v) is 12.9. The van der Waals surface area contributed by atoms with Gasteiger partial charge in [0.15, 0.2) is 0 Å². The molecular formula is C19H16N2S. The summed E-state index contributed by atoms with van der Waals surface area (Å²) in [7, 11) is 0. The number of nitriles is 1. The molecule has 0 spiro atoms. The van der Waals surface area contributed by atoms with Crippen molar-refractivity contribution in [2.45, 2.75) is 5.92 Å². The van der Waals surface area contributed by atoms with Crippen LogP contribution in [0.15, 0.2) is 66.0 Å². The van der Waals surface area contributed by atoms with Gasteiger partial charge in [0.2, 0.25) is 0 Å². The first-order chi connectivity index (χ1) is 10.8. The summed E-state index contributed by atoms with van der Waals surface area (Å²) in [5.41, 5.74) is 10.0. The minimum atomic E-state index is 0.203. The third kappa shape index (κ3) is 2.80. The van der Waals surface area contributed by atoms with Gasteiger partial charge in [-0.1, -0.05) is 48.5 Å². The maximum Gasteiger partial charge on any atom is 0.0998 e. The van der Waals surface area contributed by atoms with Crippen LogP contribution in [-0.4, -0.2) is 6.54 Å². The van der Waals surface area contributed by atoms with Gasteiger partial charge >= 0.3 is 0 Å². The molecule has 0 amide bonds. The van der Waals surface area contributed by atoms with E-state index >= 15 is 0 Å². The molecule has 1 unspecified atom stereocenters. The number of hydrogen-bond donors (Lipinski definition) is 1. The SMILES string of the molecule is N#Cc1ccccc1-c1csc(C(CN)c2ccccc2)c1. The molecule has 2 aromatic carbocycles. The molecule has 0 radical (unpaired) electrons. The van der Waals surface area contributed by atoms with Crippen LogP contribution in [0.25, 0.3) is 11.1 Å². The van der Waals surface area contributed by atoms with Gasteiger partial charge in [-0.05, 0) is 28.6 Å². The van der Waals surface area contributed by atoms with Crippen LogP contribution in [-0.2, 0) is 0 Å². The van der Waals surface area contributed by atoms with Crippen molar-refractivity contribution in [2.75, 3.05) is 6.54 Å². The summed E-state index contributed by atoms with van der Waals surface area (Å²) in [6.07, 6.45) is 0. The van der Waals surface area contributed by atoms with Crippen molar-refractivity contribution >= 4 is 11.3 Å². The molecule has 0 aliphatic carbocycles. The molecule has 0 saturated heterocycles. The zero-order chi connectivity index (χ0) is 15.4. The normalized spacial score (nSPS) is 11.8. The van der Waals surface area contributed by atoms with E-state index in [1.165, 1.54) is 10.4 Å². The van der Waals surface area contributed by atoms with Gasteiger partial charge in [0.05, 0.1) is 11.6 Å². The van der Waals surface area contributed by atoms with Crippen molar-refractivity contribution in [3.05, 3.63) is 82.0 Å². The number of thiophene rings is 1. The van der Waals surface area contributed by atoms with Gasteiger partial charge < -0.3 is 5.73 Å². The van der Waals surface area contributed by atoms with Crippen molar-refractivity contribution in [1.29, 1.82) is 5.26 Å². The fourth-order valence-corrected chi connectivity index (χ4v) is 3.66. The summed E-state index contributed by atoms with van der Waals surface area (Å²) in [6.45, 7) is 0.573. The lowest BCUT2D eigenvalue weighted by Gasteiger charge is -2.13. The van der Waals surface area contributed by atoms with E-state index in [1.54, 1.807) is 11.3 Å². The second kappa shape index (κ2) is 6.57. The van der Waals surface area contributed by atoms with Crippen molar-refractivity contribution in [3.8, 4) is 17.2 Å². The van der Waals surface area contributed by atoms with E-state index in [1.807, 2.05) is 42.5 Å². The van der Waals surface area contributed by atoms with Crippen LogP contribution < -0.4 is 5.73 Å². The van der Waals surface area contributed by atoms with E-state index < -0.39 is 0 Å². The Balaban J connectivity index is 1.98. The van der Waals surface area contributed by atoms with Gasteiger partial charge in [0.25, 0.3) is 0 Å². The van der Waals surface area contributed by atoms with Gasteiger partial charge in [-0.25, -0.2) is 0 Å². The van der Waals surface area contributed by atoms with Gasteiger partial charge in [-0.15, -0.1) is 11.3 Å². The molecule has 2 N–H and O–H groups in total. The predicted molar refractivity (Wildman–Crippen MR) is 91.8 cm³/mol. The largest absolute Gasteiger partial charge is 0.329 e. The highest BCUT2D eigenvalue weighted by atomic mass is 32.1. The Morgan fingerprint density at radius 1 is 1.05 bits per heavy atom. The van der Waals surface area contributed by atoms with Crippen LogP contribution in [0.4, 0.5) is 0 Å². The van der Waals surface area contributed by atoms with Crippen molar-refractivity contribution in [2.24, 2.45) is 5.73 Å². The Morgan fingerprint density at radius 3 is 2.50 bits per heavy atom. The second-order valence-electron chi connectivity index (χ2n) is 5.09. The van der Waals surface area contributed by atoms with Crippen LogP contribution in [0, 0.1) is 11.3 Å². The highest BCUT2D eigenvalue weighted by Crippen LogP contribution is 2.34. The number of benzene rings is 2. The highest BCUT2D eigenvalue weighted by molar-refractivity contribution is 7.10. The summed E-state index contributed by atoms with van der Waals surface area (Å²) in [5.74, 6) is 0.203. The Bertz CT molecular complexity index is 800. The summed E-state index contributed by atoms with van der Waals surface area (Å²) < 4.78 is 0. The molecule has 3 heteroatoms. The lowest BCUT2D eigenvalue weighted by Crippen LogP contribution is -2.12. The molecule has 0 fully saturated rings. The molecule has 1 heterocycles. The Labute approximate surface area is 134 Å². The fraction of sp³-hybridized carbons (Fsp3) is 0.105. The summed E-state index contributed by atoms with van der Waals surface area (Å²) in [5, 5.41) is 11.4. The van der Waals surface area contributed by atoms with Crippen LogP contribution in [0.5, 0.6) is 0 Å². The quantitative estimate of drug-likeness (QED) is 0.777. The van der Waals surface area contributed by atoms with Gasteiger partial charge in [0, 0.05) is 22.9 Å². The van der Waals surface area contributed by atoms with E-state index in [0.717, 1.165) is 11.1 Å². The Morgan fingerprint density at radius 2 is 1.77 bits per heavy atom. The summed E-state index contributed by atoms with van der Waals surface area (Å²) in [6, 6.07) is 22.4. The molecule has 22 heavy (non-hydrogen) atoms. The first kappa shape index (κ1) is 14.5. The van der Waals surface area contributed by atoms with E-state index in [9.17, 15) is 5.26 Å². The predicted octanol–water partition coefficient (Wildman–Crippen LogP) is 4.38. The Hall–Kier alpha value is -2.41. The first-order valence-electron chi connectivity index (χ1n) is 7.16. The number of hydrogen-bond acceptors (Lipinski definition) is 3. The Kier molecular flexibility index (Phi) is 4.34. The molecule has 3 aromatic rings. The third-order valence-electron chi connectivity index (χ3n) is 3.76. The molecule has 1 aromatic heterocycles. The summed E-state index contributed by atoms with van der Waals surface area (Å²) >= 11 is 1.70. The second-order valence-corrected chi connectivity index (χ2v) is 6.04. The molecule has 108 valence electrons. The van der Waals surface area contributed by atoms with Crippen LogP contribution >= 0.6 is 11.3 Å². The molecule has 0 bridgehead atoms. The lowest BCUT2D eigenvalue weighted by atomic mass is 9.96. The van der Waals surface area contributed by atoms with Gasteiger partial charge in [0.1, 0.15) is 0 Å². The van der Waals surface area contributed by atoms with Crippen LogP contribution in [0.1, 0.15) is 21.9 Å². The first-order valence-corrected chi connectivity index (χ1v) is 8.04. The average Bonchev–Trinajstić information content (AvgIpc) is 3.06. The maximum absolute atomic E-state index is 9.25. The third-order valence-corrected chi connectivity index (χ3v) is 4.81. The van der Waals surface area contributed by atoms with E-state index in [0.29, 0.717) is 12.1 Å². The van der Waals surface area contributed by atoms with Gasteiger partial charge in [-0.2, -0.15) is 5.26 Å². The van der Waals surface area contributed by atoms with Gasteiger partial charge in [-0.3, -0.25) is 0 Å². The molecular weight excluding hydrogens is 288 g/mol.